The van der Waals surface area contributed by atoms with E-state index < -0.39 is 0 Å². The van der Waals surface area contributed by atoms with Gasteiger partial charge in [0.2, 0.25) is 11.8 Å². The second kappa shape index (κ2) is 8.33. The van der Waals surface area contributed by atoms with Crippen LogP contribution in [0, 0.1) is 6.92 Å². The van der Waals surface area contributed by atoms with E-state index in [1.165, 1.54) is 11.1 Å². The number of carbonyl (C=O) groups is 1. The van der Waals surface area contributed by atoms with Crippen molar-refractivity contribution in [1.82, 2.24) is 20.0 Å². The van der Waals surface area contributed by atoms with E-state index in [0.717, 1.165) is 31.5 Å². The molecule has 1 aliphatic heterocycles. The lowest BCUT2D eigenvalue weighted by molar-refractivity contribution is -0.132. The zero-order valence-electron chi connectivity index (χ0n) is 16.0. The smallest absolute Gasteiger partial charge is 0.227 e. The number of pyridine rings is 1. The molecule has 144 valence electrons. The molecule has 6 heteroatoms. The SMILES string of the molecule is Cc1noc(CCC(=O)N2CCC[C@@H]2c2ccc(Cc3ccccc3)cn2)n1. The van der Waals surface area contributed by atoms with Crippen LogP contribution in [-0.4, -0.2) is 32.5 Å². The van der Waals surface area contributed by atoms with E-state index in [9.17, 15) is 4.79 Å². The molecule has 3 heterocycles. The first-order valence-corrected chi connectivity index (χ1v) is 9.76. The van der Waals surface area contributed by atoms with Gasteiger partial charge in [0, 0.05) is 25.6 Å². The van der Waals surface area contributed by atoms with Crippen molar-refractivity contribution >= 4 is 5.91 Å². The summed E-state index contributed by atoms with van der Waals surface area (Å²) in [5.74, 6) is 1.24. The van der Waals surface area contributed by atoms with Gasteiger partial charge in [0.05, 0.1) is 11.7 Å². The molecule has 1 aliphatic rings. The average molecular weight is 376 g/mol. The number of hydrogen-bond acceptors (Lipinski definition) is 5. The van der Waals surface area contributed by atoms with Crippen LogP contribution in [0.1, 0.15) is 53.8 Å². The Balaban J connectivity index is 1.39. The predicted molar refractivity (Wildman–Crippen MR) is 105 cm³/mol. The minimum absolute atomic E-state index is 0.0581. The van der Waals surface area contributed by atoms with E-state index >= 15 is 0 Å². The van der Waals surface area contributed by atoms with Gasteiger partial charge in [-0.1, -0.05) is 41.6 Å². The normalized spacial score (nSPS) is 16.5. The van der Waals surface area contributed by atoms with Crippen LogP contribution < -0.4 is 0 Å². The van der Waals surface area contributed by atoms with E-state index in [1.54, 1.807) is 6.92 Å². The van der Waals surface area contributed by atoms with Crippen molar-refractivity contribution in [2.45, 2.75) is 45.1 Å². The molecule has 1 fully saturated rings. The van der Waals surface area contributed by atoms with Crippen LogP contribution >= 0.6 is 0 Å². The summed E-state index contributed by atoms with van der Waals surface area (Å²) >= 11 is 0. The average Bonchev–Trinajstić information content (AvgIpc) is 3.37. The Morgan fingerprint density at radius 1 is 1.18 bits per heavy atom. The van der Waals surface area contributed by atoms with E-state index in [0.29, 0.717) is 24.6 Å². The van der Waals surface area contributed by atoms with Crippen LogP contribution in [0.2, 0.25) is 0 Å². The maximum atomic E-state index is 12.7. The van der Waals surface area contributed by atoms with E-state index in [1.807, 2.05) is 17.2 Å². The first kappa shape index (κ1) is 18.3. The van der Waals surface area contributed by atoms with Gasteiger partial charge in [0.25, 0.3) is 0 Å². The second-order valence-electron chi connectivity index (χ2n) is 7.23. The summed E-state index contributed by atoms with van der Waals surface area (Å²) in [6.07, 6.45) is 5.62. The Labute approximate surface area is 164 Å². The van der Waals surface area contributed by atoms with Gasteiger partial charge in [0.1, 0.15) is 0 Å². The monoisotopic (exact) mass is 376 g/mol. The van der Waals surface area contributed by atoms with Gasteiger partial charge in [0.15, 0.2) is 5.82 Å². The molecule has 0 aliphatic carbocycles. The van der Waals surface area contributed by atoms with Gasteiger partial charge >= 0.3 is 0 Å². The maximum Gasteiger partial charge on any atom is 0.227 e. The van der Waals surface area contributed by atoms with Crippen LogP contribution in [0.3, 0.4) is 0 Å². The highest BCUT2D eigenvalue weighted by atomic mass is 16.5. The van der Waals surface area contributed by atoms with Gasteiger partial charge in [-0.3, -0.25) is 9.78 Å². The van der Waals surface area contributed by atoms with Crippen molar-refractivity contribution in [3.8, 4) is 0 Å². The summed E-state index contributed by atoms with van der Waals surface area (Å²) in [5, 5.41) is 3.77. The molecule has 0 bridgehead atoms. The van der Waals surface area contributed by atoms with E-state index in [4.69, 9.17) is 4.52 Å². The van der Waals surface area contributed by atoms with E-state index in [2.05, 4.69) is 51.5 Å². The van der Waals surface area contributed by atoms with Gasteiger partial charge in [-0.05, 0) is 43.4 Å². The standard InChI is InChI=1S/C22H24N4O2/c1-16-24-21(28-25-16)11-12-22(27)26-13-5-8-20(26)19-10-9-18(15-23-19)14-17-6-3-2-4-7-17/h2-4,6-7,9-10,15,20H,5,8,11-14H2,1H3/t20-/m1/s1. The molecule has 0 unspecified atom stereocenters. The third kappa shape index (κ3) is 4.27. The molecule has 1 aromatic carbocycles. The number of likely N-dealkylation sites (tertiary alicyclic amines) is 1. The van der Waals surface area contributed by atoms with Crippen molar-refractivity contribution in [3.05, 3.63) is 77.2 Å². The Hall–Kier alpha value is -3.02. The predicted octanol–water partition coefficient (Wildman–Crippen LogP) is 3.66. The molecule has 1 saturated heterocycles. The Morgan fingerprint density at radius 3 is 2.75 bits per heavy atom. The van der Waals surface area contributed by atoms with Gasteiger partial charge < -0.3 is 9.42 Å². The van der Waals surface area contributed by atoms with Crippen LogP contribution in [0.4, 0.5) is 0 Å². The molecule has 1 atom stereocenters. The Morgan fingerprint density at radius 2 is 2.04 bits per heavy atom. The zero-order chi connectivity index (χ0) is 19.3. The summed E-state index contributed by atoms with van der Waals surface area (Å²) in [4.78, 5) is 23.5. The molecule has 0 spiro atoms. The van der Waals surface area contributed by atoms with Crippen LogP contribution in [0.5, 0.6) is 0 Å². The molecule has 4 rings (SSSR count). The zero-order valence-corrected chi connectivity index (χ0v) is 16.0. The minimum atomic E-state index is 0.0581. The number of aromatic nitrogens is 3. The second-order valence-corrected chi connectivity index (χ2v) is 7.23. The highest BCUT2D eigenvalue weighted by molar-refractivity contribution is 5.77. The molecule has 0 N–H and O–H groups in total. The molecular weight excluding hydrogens is 352 g/mol. The molecule has 28 heavy (non-hydrogen) atoms. The number of rotatable bonds is 6. The highest BCUT2D eigenvalue weighted by Gasteiger charge is 2.30. The summed E-state index contributed by atoms with van der Waals surface area (Å²) in [5.41, 5.74) is 3.42. The molecule has 2 aromatic heterocycles. The molecule has 3 aromatic rings. The summed E-state index contributed by atoms with van der Waals surface area (Å²) in [6.45, 7) is 2.55. The Kier molecular flexibility index (Phi) is 5.46. The van der Waals surface area contributed by atoms with E-state index in [-0.39, 0.29) is 11.9 Å². The lowest BCUT2D eigenvalue weighted by Gasteiger charge is -2.24. The number of hydrogen-bond donors (Lipinski definition) is 0. The summed E-state index contributed by atoms with van der Waals surface area (Å²) < 4.78 is 5.11. The quantitative estimate of drug-likeness (QED) is 0.656. The van der Waals surface area contributed by atoms with Crippen molar-refractivity contribution in [2.75, 3.05) is 6.54 Å². The lowest BCUT2D eigenvalue weighted by Crippen LogP contribution is -2.31. The first-order chi connectivity index (χ1) is 13.7. The van der Waals surface area contributed by atoms with Crippen molar-refractivity contribution in [2.24, 2.45) is 0 Å². The molecule has 0 saturated carbocycles. The van der Waals surface area contributed by atoms with Crippen LogP contribution in [-0.2, 0) is 17.6 Å². The maximum absolute atomic E-state index is 12.7. The summed E-state index contributed by atoms with van der Waals surface area (Å²) in [6, 6.07) is 14.6. The number of nitrogens with zero attached hydrogens (tertiary/aromatic N) is 4. The fourth-order valence-electron chi connectivity index (χ4n) is 3.74. The third-order valence-corrected chi connectivity index (χ3v) is 5.14. The highest BCUT2D eigenvalue weighted by Crippen LogP contribution is 2.31. The lowest BCUT2D eigenvalue weighted by atomic mass is 10.0. The van der Waals surface area contributed by atoms with Gasteiger partial charge in [-0.2, -0.15) is 4.98 Å². The van der Waals surface area contributed by atoms with Gasteiger partial charge in [-0.25, -0.2) is 0 Å². The topological polar surface area (TPSA) is 72.1 Å². The van der Waals surface area contributed by atoms with Crippen LogP contribution in [0.25, 0.3) is 0 Å². The van der Waals surface area contributed by atoms with Crippen molar-refractivity contribution < 1.29 is 9.32 Å². The molecule has 1 amide bonds. The number of benzene rings is 1. The molecule has 6 nitrogen and oxygen atoms in total. The number of aryl methyl sites for hydroxylation is 2. The number of amides is 1. The summed E-state index contributed by atoms with van der Waals surface area (Å²) in [7, 11) is 0. The van der Waals surface area contributed by atoms with Gasteiger partial charge in [-0.15, -0.1) is 0 Å². The van der Waals surface area contributed by atoms with Crippen molar-refractivity contribution in [1.29, 1.82) is 0 Å². The molecule has 0 radical (unpaired) electrons. The van der Waals surface area contributed by atoms with Crippen LogP contribution in [0.15, 0.2) is 53.2 Å². The fourth-order valence-corrected chi connectivity index (χ4v) is 3.74. The fraction of sp³-hybridized carbons (Fsp3) is 0.364. The largest absolute Gasteiger partial charge is 0.339 e. The number of carbonyl (C=O) groups excluding carboxylic acids is 1. The van der Waals surface area contributed by atoms with Crippen molar-refractivity contribution in [3.63, 3.8) is 0 Å². The first-order valence-electron chi connectivity index (χ1n) is 9.76. The third-order valence-electron chi connectivity index (χ3n) is 5.14. The molecular formula is C22H24N4O2. The Bertz CT molecular complexity index is 921. The minimum Gasteiger partial charge on any atom is -0.339 e.